The molecule has 0 bridgehead atoms. The minimum Gasteiger partial charge on any atom is -0.328 e. The van der Waals surface area contributed by atoms with Gasteiger partial charge in [0.05, 0.1) is 0 Å². The summed E-state index contributed by atoms with van der Waals surface area (Å²) in [5, 5.41) is 7.42. The van der Waals surface area contributed by atoms with Crippen LogP contribution in [-0.4, -0.2) is 26.8 Å². The Morgan fingerprint density at radius 1 is 1.77 bits per heavy atom. The fourth-order valence-electron chi connectivity index (χ4n) is 1.02. The van der Waals surface area contributed by atoms with Gasteiger partial charge in [-0.3, -0.25) is 4.79 Å². The van der Waals surface area contributed by atoms with Gasteiger partial charge in [-0.25, -0.2) is 4.68 Å². The van der Waals surface area contributed by atoms with E-state index in [2.05, 4.69) is 26.2 Å². The van der Waals surface area contributed by atoms with Gasteiger partial charge in [-0.2, -0.15) is 0 Å². The van der Waals surface area contributed by atoms with Crippen LogP contribution >= 0.6 is 15.9 Å². The highest BCUT2D eigenvalue weighted by Gasteiger charge is 2.17. The van der Waals surface area contributed by atoms with Crippen LogP contribution in [0.3, 0.4) is 0 Å². The number of halogens is 1. The predicted molar refractivity (Wildman–Crippen MR) is 51.3 cm³/mol. The van der Waals surface area contributed by atoms with Gasteiger partial charge in [0, 0.05) is 19.5 Å². The number of Topliss-reactive ketones (excluding diaryl/α,β-unsaturated/α-hetero) is 1. The minimum atomic E-state index is -0.144. The SMILES string of the molecule is CC(N)CC(=O)c1c(Br)nnn1C. The topological polar surface area (TPSA) is 73.8 Å². The van der Waals surface area contributed by atoms with Crippen LogP contribution in [0.1, 0.15) is 23.8 Å². The molecule has 0 saturated heterocycles. The molecule has 72 valence electrons. The molecule has 0 aromatic carbocycles. The van der Waals surface area contributed by atoms with Gasteiger partial charge in [-0.1, -0.05) is 5.21 Å². The monoisotopic (exact) mass is 246 g/mol. The average Bonchev–Trinajstić information content (AvgIpc) is 2.29. The molecule has 0 radical (unpaired) electrons. The first-order valence-electron chi connectivity index (χ1n) is 3.86. The number of nitrogens with two attached hydrogens (primary N) is 1. The van der Waals surface area contributed by atoms with Gasteiger partial charge in [0.25, 0.3) is 0 Å². The molecule has 0 aliphatic rings. The van der Waals surface area contributed by atoms with Crippen molar-refractivity contribution in [2.24, 2.45) is 12.8 Å². The van der Waals surface area contributed by atoms with Gasteiger partial charge >= 0.3 is 0 Å². The van der Waals surface area contributed by atoms with E-state index in [1.165, 1.54) is 4.68 Å². The van der Waals surface area contributed by atoms with E-state index in [1.807, 2.05) is 0 Å². The summed E-state index contributed by atoms with van der Waals surface area (Å²) in [7, 11) is 1.67. The largest absolute Gasteiger partial charge is 0.328 e. The van der Waals surface area contributed by atoms with Crippen LogP contribution in [-0.2, 0) is 7.05 Å². The number of rotatable bonds is 3. The molecule has 1 unspecified atom stereocenters. The summed E-state index contributed by atoms with van der Waals surface area (Å²) >= 11 is 3.15. The second-order valence-corrected chi connectivity index (χ2v) is 3.71. The first-order valence-corrected chi connectivity index (χ1v) is 4.65. The smallest absolute Gasteiger partial charge is 0.185 e. The lowest BCUT2D eigenvalue weighted by Gasteiger charge is -2.03. The number of carbonyl (C=O) groups excluding carboxylic acids is 1. The predicted octanol–water partition coefficient (Wildman–Crippen LogP) is 0.498. The summed E-state index contributed by atoms with van der Waals surface area (Å²) in [5.41, 5.74) is 5.98. The van der Waals surface area contributed by atoms with Crippen LogP contribution in [0.15, 0.2) is 4.60 Å². The zero-order valence-electron chi connectivity index (χ0n) is 7.49. The Balaban J connectivity index is 2.88. The molecule has 0 aliphatic carbocycles. The third-order valence-electron chi connectivity index (χ3n) is 1.56. The summed E-state index contributed by atoms with van der Waals surface area (Å²) in [5.74, 6) is -0.0469. The molecule has 0 amide bonds. The number of aryl methyl sites for hydroxylation is 1. The molecule has 1 rings (SSSR count). The first kappa shape index (κ1) is 10.3. The molecular formula is C7H11BrN4O. The van der Waals surface area contributed by atoms with Crippen molar-refractivity contribution in [2.45, 2.75) is 19.4 Å². The standard InChI is InChI=1S/C7H11BrN4O/c1-4(9)3-5(13)6-7(8)10-11-12(6)2/h4H,3,9H2,1-2H3. The lowest BCUT2D eigenvalue weighted by molar-refractivity contribution is 0.0966. The molecule has 0 spiro atoms. The van der Waals surface area contributed by atoms with Gasteiger partial charge in [0.2, 0.25) is 0 Å². The minimum absolute atomic E-state index is 0.0469. The number of hydrogen-bond acceptors (Lipinski definition) is 4. The Kier molecular flexibility index (Phi) is 3.16. The van der Waals surface area contributed by atoms with Crippen molar-refractivity contribution in [2.75, 3.05) is 0 Å². The van der Waals surface area contributed by atoms with E-state index in [-0.39, 0.29) is 11.8 Å². The van der Waals surface area contributed by atoms with Crippen LogP contribution in [0, 0.1) is 0 Å². The Morgan fingerprint density at radius 3 is 2.77 bits per heavy atom. The fourth-order valence-corrected chi connectivity index (χ4v) is 1.57. The zero-order chi connectivity index (χ0) is 10.0. The Labute approximate surface area is 84.4 Å². The van der Waals surface area contributed by atoms with E-state index >= 15 is 0 Å². The van der Waals surface area contributed by atoms with E-state index in [0.717, 1.165) is 0 Å². The molecule has 0 aliphatic heterocycles. The number of carbonyl (C=O) groups is 1. The quantitative estimate of drug-likeness (QED) is 0.789. The van der Waals surface area contributed by atoms with Gasteiger partial charge in [-0.05, 0) is 22.9 Å². The van der Waals surface area contributed by atoms with Crippen molar-refractivity contribution in [1.82, 2.24) is 15.0 Å². The normalized spacial score (nSPS) is 12.9. The van der Waals surface area contributed by atoms with E-state index in [1.54, 1.807) is 14.0 Å². The Hall–Kier alpha value is -0.750. The Bertz CT molecular complexity index is 301. The molecule has 1 aromatic rings. The highest BCUT2D eigenvalue weighted by molar-refractivity contribution is 9.10. The molecule has 1 heterocycles. The van der Waals surface area contributed by atoms with Gasteiger partial charge in [-0.15, -0.1) is 5.10 Å². The summed E-state index contributed by atoms with van der Waals surface area (Å²) in [4.78, 5) is 11.5. The van der Waals surface area contributed by atoms with Crippen molar-refractivity contribution in [3.05, 3.63) is 10.3 Å². The van der Waals surface area contributed by atoms with Gasteiger partial charge in [0.1, 0.15) is 5.69 Å². The molecule has 1 atom stereocenters. The lowest BCUT2D eigenvalue weighted by atomic mass is 10.1. The number of ketones is 1. The summed E-state index contributed by atoms with van der Waals surface area (Å²) in [6.07, 6.45) is 0.305. The van der Waals surface area contributed by atoms with Gasteiger partial charge in [0.15, 0.2) is 10.4 Å². The molecule has 13 heavy (non-hydrogen) atoms. The third-order valence-corrected chi connectivity index (χ3v) is 2.09. The summed E-state index contributed by atoms with van der Waals surface area (Å²) in [6, 6.07) is -0.144. The first-order chi connectivity index (χ1) is 6.02. The maximum Gasteiger partial charge on any atom is 0.185 e. The van der Waals surface area contributed by atoms with Crippen LogP contribution in [0.2, 0.25) is 0 Å². The average molecular weight is 247 g/mol. The van der Waals surface area contributed by atoms with Crippen molar-refractivity contribution >= 4 is 21.7 Å². The Morgan fingerprint density at radius 2 is 2.38 bits per heavy atom. The molecule has 1 aromatic heterocycles. The van der Waals surface area contributed by atoms with Crippen LogP contribution in [0.25, 0.3) is 0 Å². The second-order valence-electron chi connectivity index (χ2n) is 2.96. The summed E-state index contributed by atoms with van der Waals surface area (Å²) in [6.45, 7) is 1.79. The maximum atomic E-state index is 11.5. The fraction of sp³-hybridized carbons (Fsp3) is 0.571. The van der Waals surface area contributed by atoms with Crippen molar-refractivity contribution < 1.29 is 4.79 Å². The van der Waals surface area contributed by atoms with Crippen molar-refractivity contribution in [1.29, 1.82) is 0 Å². The number of aromatic nitrogens is 3. The van der Waals surface area contributed by atoms with Crippen molar-refractivity contribution in [3.63, 3.8) is 0 Å². The highest BCUT2D eigenvalue weighted by atomic mass is 79.9. The zero-order valence-corrected chi connectivity index (χ0v) is 9.08. The lowest BCUT2D eigenvalue weighted by Crippen LogP contribution is -2.21. The summed E-state index contributed by atoms with van der Waals surface area (Å²) < 4.78 is 1.91. The van der Waals surface area contributed by atoms with Crippen molar-refractivity contribution in [3.8, 4) is 0 Å². The second kappa shape index (κ2) is 3.97. The van der Waals surface area contributed by atoms with Crippen LogP contribution < -0.4 is 5.73 Å². The third kappa shape index (κ3) is 2.35. The van der Waals surface area contributed by atoms with E-state index in [9.17, 15) is 4.79 Å². The molecular weight excluding hydrogens is 236 g/mol. The van der Waals surface area contributed by atoms with Crippen LogP contribution in [0.5, 0.6) is 0 Å². The molecule has 6 heteroatoms. The maximum absolute atomic E-state index is 11.5. The molecule has 0 saturated carbocycles. The van der Waals surface area contributed by atoms with E-state index < -0.39 is 0 Å². The number of nitrogens with zero attached hydrogens (tertiary/aromatic N) is 3. The van der Waals surface area contributed by atoms with E-state index in [0.29, 0.717) is 16.7 Å². The molecule has 5 nitrogen and oxygen atoms in total. The molecule has 2 N–H and O–H groups in total. The molecule has 0 fully saturated rings. The van der Waals surface area contributed by atoms with Crippen LogP contribution in [0.4, 0.5) is 0 Å². The van der Waals surface area contributed by atoms with E-state index in [4.69, 9.17) is 5.73 Å². The number of hydrogen-bond donors (Lipinski definition) is 1. The highest BCUT2D eigenvalue weighted by Crippen LogP contribution is 2.14. The van der Waals surface area contributed by atoms with Gasteiger partial charge < -0.3 is 5.73 Å².